The van der Waals surface area contributed by atoms with Gasteiger partial charge in [0.25, 0.3) is 0 Å². The molecule has 0 radical (unpaired) electrons. The van der Waals surface area contributed by atoms with Crippen LogP contribution in [-0.4, -0.2) is 19.2 Å². The Balaban J connectivity index is 2.04. The Kier molecular flexibility index (Phi) is 4.43. The minimum absolute atomic E-state index is 0.652. The van der Waals surface area contributed by atoms with Gasteiger partial charge in [-0.05, 0) is 62.4 Å². The third kappa shape index (κ3) is 3.22. The molecular formula is C15H23NO. The summed E-state index contributed by atoms with van der Waals surface area (Å²) in [5.74, 6) is 1.02. The molecule has 0 fully saturated rings. The van der Waals surface area contributed by atoms with Crippen LogP contribution in [0.2, 0.25) is 0 Å². The summed E-state index contributed by atoms with van der Waals surface area (Å²) in [6, 6.07) is 7.20. The van der Waals surface area contributed by atoms with Crippen LogP contribution >= 0.6 is 0 Å². The molecule has 1 aromatic carbocycles. The van der Waals surface area contributed by atoms with Crippen molar-refractivity contribution in [3.8, 4) is 5.75 Å². The maximum atomic E-state index is 5.57. The number of aryl methyl sites for hydroxylation is 1. The fourth-order valence-corrected chi connectivity index (χ4v) is 2.51. The van der Waals surface area contributed by atoms with Crippen molar-refractivity contribution in [2.24, 2.45) is 0 Å². The molecule has 2 rings (SSSR count). The zero-order valence-corrected chi connectivity index (χ0v) is 11.0. The van der Waals surface area contributed by atoms with Crippen molar-refractivity contribution >= 4 is 0 Å². The molecule has 0 aromatic heterocycles. The molecule has 0 amide bonds. The van der Waals surface area contributed by atoms with Crippen molar-refractivity contribution < 1.29 is 4.74 Å². The summed E-state index contributed by atoms with van der Waals surface area (Å²) in [6.45, 7) is 6.13. The molecule has 1 atom stereocenters. The lowest BCUT2D eigenvalue weighted by Gasteiger charge is -2.26. The average Bonchev–Trinajstić information content (AvgIpc) is 2.36. The van der Waals surface area contributed by atoms with E-state index >= 15 is 0 Å². The molecule has 0 aliphatic heterocycles. The van der Waals surface area contributed by atoms with Gasteiger partial charge in [0, 0.05) is 6.04 Å². The third-order valence-electron chi connectivity index (χ3n) is 3.40. The summed E-state index contributed by atoms with van der Waals surface area (Å²) >= 11 is 0. The molecule has 0 heterocycles. The molecule has 0 spiro atoms. The Hall–Kier alpha value is -1.02. The largest absolute Gasteiger partial charge is 0.494 e. The molecule has 1 aromatic rings. The fraction of sp³-hybridized carbons (Fsp3) is 0.600. The molecule has 94 valence electrons. The third-order valence-corrected chi connectivity index (χ3v) is 3.40. The highest BCUT2D eigenvalue weighted by molar-refractivity contribution is 5.37. The molecule has 0 saturated carbocycles. The molecule has 0 saturated heterocycles. The van der Waals surface area contributed by atoms with Crippen LogP contribution in [0.1, 0.15) is 37.8 Å². The Morgan fingerprint density at radius 3 is 2.94 bits per heavy atom. The highest BCUT2D eigenvalue weighted by Gasteiger charge is 2.18. The van der Waals surface area contributed by atoms with E-state index in [1.54, 1.807) is 0 Å². The van der Waals surface area contributed by atoms with Crippen molar-refractivity contribution in [3.63, 3.8) is 0 Å². The average molecular weight is 233 g/mol. The molecule has 1 aliphatic rings. The smallest absolute Gasteiger partial charge is 0.119 e. The topological polar surface area (TPSA) is 21.3 Å². The first-order valence-electron chi connectivity index (χ1n) is 6.81. The Morgan fingerprint density at radius 2 is 2.18 bits per heavy atom. The van der Waals surface area contributed by atoms with Crippen molar-refractivity contribution in [3.05, 3.63) is 29.3 Å². The molecular weight excluding hydrogens is 210 g/mol. The van der Waals surface area contributed by atoms with E-state index < -0.39 is 0 Å². The minimum atomic E-state index is 0.652. The minimum Gasteiger partial charge on any atom is -0.494 e. The van der Waals surface area contributed by atoms with Crippen LogP contribution in [0.25, 0.3) is 0 Å². The molecule has 0 unspecified atom stereocenters. The lowest BCUT2D eigenvalue weighted by Crippen LogP contribution is -2.34. The van der Waals surface area contributed by atoms with Gasteiger partial charge in [0.15, 0.2) is 0 Å². The van der Waals surface area contributed by atoms with E-state index in [1.807, 2.05) is 6.92 Å². The number of rotatable bonds is 5. The summed E-state index contributed by atoms with van der Waals surface area (Å²) in [5.41, 5.74) is 2.97. The first-order chi connectivity index (χ1) is 8.33. The predicted molar refractivity (Wildman–Crippen MR) is 71.7 cm³/mol. The van der Waals surface area contributed by atoms with E-state index in [0.717, 1.165) is 25.3 Å². The zero-order valence-electron chi connectivity index (χ0n) is 11.0. The fourth-order valence-electron chi connectivity index (χ4n) is 2.51. The van der Waals surface area contributed by atoms with Crippen LogP contribution in [0.5, 0.6) is 5.75 Å². The van der Waals surface area contributed by atoms with Gasteiger partial charge < -0.3 is 10.1 Å². The SMILES string of the molecule is CCCN[C@H]1CCc2ccc(OCC)cc2C1. The molecule has 17 heavy (non-hydrogen) atoms. The van der Waals surface area contributed by atoms with Crippen molar-refractivity contribution in [2.45, 2.75) is 45.6 Å². The lowest BCUT2D eigenvalue weighted by molar-refractivity contribution is 0.339. The summed E-state index contributed by atoms with van der Waals surface area (Å²) in [7, 11) is 0. The van der Waals surface area contributed by atoms with Gasteiger partial charge in [0.2, 0.25) is 0 Å². The van der Waals surface area contributed by atoms with Gasteiger partial charge in [-0.25, -0.2) is 0 Å². The number of benzene rings is 1. The summed E-state index contributed by atoms with van der Waals surface area (Å²) < 4.78 is 5.57. The molecule has 1 N–H and O–H groups in total. The first-order valence-corrected chi connectivity index (χ1v) is 6.81. The zero-order chi connectivity index (χ0) is 12.1. The van der Waals surface area contributed by atoms with Crippen LogP contribution in [0.15, 0.2) is 18.2 Å². The second kappa shape index (κ2) is 6.06. The van der Waals surface area contributed by atoms with Crippen molar-refractivity contribution in [2.75, 3.05) is 13.2 Å². The summed E-state index contributed by atoms with van der Waals surface area (Å²) in [4.78, 5) is 0. The van der Waals surface area contributed by atoms with Gasteiger partial charge >= 0.3 is 0 Å². The number of fused-ring (bicyclic) bond motifs is 1. The maximum Gasteiger partial charge on any atom is 0.119 e. The van der Waals surface area contributed by atoms with Gasteiger partial charge in [-0.2, -0.15) is 0 Å². The highest BCUT2D eigenvalue weighted by atomic mass is 16.5. The van der Waals surface area contributed by atoms with Gasteiger partial charge in [-0.1, -0.05) is 13.0 Å². The van der Waals surface area contributed by atoms with Crippen LogP contribution in [0.3, 0.4) is 0 Å². The number of ether oxygens (including phenoxy) is 1. The second-order valence-electron chi connectivity index (χ2n) is 4.76. The van der Waals surface area contributed by atoms with E-state index in [0.29, 0.717) is 6.04 Å². The van der Waals surface area contributed by atoms with E-state index in [1.165, 1.54) is 30.4 Å². The highest BCUT2D eigenvalue weighted by Crippen LogP contribution is 2.25. The summed E-state index contributed by atoms with van der Waals surface area (Å²) in [6.07, 6.45) is 4.82. The van der Waals surface area contributed by atoms with E-state index in [-0.39, 0.29) is 0 Å². The van der Waals surface area contributed by atoms with Crippen LogP contribution in [-0.2, 0) is 12.8 Å². The van der Waals surface area contributed by atoms with E-state index in [9.17, 15) is 0 Å². The Morgan fingerprint density at radius 1 is 1.29 bits per heavy atom. The van der Waals surface area contributed by atoms with Crippen molar-refractivity contribution in [1.82, 2.24) is 5.32 Å². The van der Waals surface area contributed by atoms with Gasteiger partial charge in [-0.15, -0.1) is 0 Å². The lowest BCUT2D eigenvalue weighted by atomic mass is 9.88. The standard InChI is InChI=1S/C15H23NO/c1-3-9-16-14-7-5-12-6-8-15(17-4-2)11-13(12)10-14/h6,8,11,14,16H,3-5,7,9-10H2,1-2H3/t14-/m0/s1. The Labute approximate surface area is 104 Å². The molecule has 0 bridgehead atoms. The Bertz CT molecular complexity index is 362. The molecule has 1 aliphatic carbocycles. The quantitative estimate of drug-likeness (QED) is 0.844. The normalized spacial score (nSPS) is 18.8. The predicted octanol–water partition coefficient (Wildman–Crippen LogP) is 2.94. The van der Waals surface area contributed by atoms with Gasteiger partial charge in [0.1, 0.15) is 5.75 Å². The maximum absolute atomic E-state index is 5.57. The number of hydrogen-bond donors (Lipinski definition) is 1. The summed E-state index contributed by atoms with van der Waals surface area (Å²) in [5, 5.41) is 3.62. The van der Waals surface area contributed by atoms with Crippen LogP contribution < -0.4 is 10.1 Å². The molecule has 2 nitrogen and oxygen atoms in total. The van der Waals surface area contributed by atoms with Gasteiger partial charge in [0.05, 0.1) is 6.61 Å². The second-order valence-corrected chi connectivity index (χ2v) is 4.76. The van der Waals surface area contributed by atoms with Crippen LogP contribution in [0.4, 0.5) is 0 Å². The van der Waals surface area contributed by atoms with Gasteiger partial charge in [-0.3, -0.25) is 0 Å². The van der Waals surface area contributed by atoms with Crippen LogP contribution in [0, 0.1) is 0 Å². The molecule has 2 heteroatoms. The van der Waals surface area contributed by atoms with E-state index in [2.05, 4.69) is 30.4 Å². The first kappa shape index (κ1) is 12.4. The number of nitrogens with one attached hydrogen (secondary N) is 1. The number of hydrogen-bond acceptors (Lipinski definition) is 2. The monoisotopic (exact) mass is 233 g/mol. The van der Waals surface area contributed by atoms with Crippen molar-refractivity contribution in [1.29, 1.82) is 0 Å². The van der Waals surface area contributed by atoms with E-state index in [4.69, 9.17) is 4.74 Å².